The maximum absolute atomic E-state index is 5.52. The highest BCUT2D eigenvalue weighted by Gasteiger charge is 1.88. The van der Waals surface area contributed by atoms with E-state index in [2.05, 4.69) is 4.98 Å². The molecule has 1 heterocycles. The predicted octanol–water partition coefficient (Wildman–Crippen LogP) is 0.492. The summed E-state index contributed by atoms with van der Waals surface area (Å²) in [5, 5.41) is 0. The SMILES string of the molecule is [B]c1cc(C)nc(C)c1. The first-order valence-electron chi connectivity index (χ1n) is 2.89. The van der Waals surface area contributed by atoms with Gasteiger partial charge in [0.1, 0.15) is 7.85 Å². The van der Waals surface area contributed by atoms with Crippen molar-refractivity contribution in [3.8, 4) is 0 Å². The van der Waals surface area contributed by atoms with Crippen molar-refractivity contribution in [3.63, 3.8) is 0 Å². The predicted molar refractivity (Wildman–Crippen MR) is 39.1 cm³/mol. The van der Waals surface area contributed by atoms with Crippen LogP contribution in [0.4, 0.5) is 0 Å². The molecule has 1 nitrogen and oxygen atoms in total. The van der Waals surface area contributed by atoms with Crippen LogP contribution in [-0.4, -0.2) is 12.8 Å². The van der Waals surface area contributed by atoms with Crippen LogP contribution in [-0.2, 0) is 0 Å². The molecule has 0 atom stereocenters. The maximum Gasteiger partial charge on any atom is 0.113 e. The number of rotatable bonds is 0. The van der Waals surface area contributed by atoms with E-state index in [9.17, 15) is 0 Å². The average Bonchev–Trinajstić information content (AvgIpc) is 1.59. The Labute approximate surface area is 56.5 Å². The van der Waals surface area contributed by atoms with E-state index in [1.807, 2.05) is 26.0 Å². The van der Waals surface area contributed by atoms with Crippen molar-refractivity contribution in [2.75, 3.05) is 0 Å². The first-order valence-corrected chi connectivity index (χ1v) is 2.89. The Morgan fingerprint density at radius 1 is 1.22 bits per heavy atom. The molecule has 2 heteroatoms. The minimum absolute atomic E-state index is 0.792. The molecule has 0 bridgehead atoms. The third-order valence-corrected chi connectivity index (χ3v) is 1.10. The Kier molecular flexibility index (Phi) is 1.56. The minimum atomic E-state index is 0.792. The molecule has 1 rings (SSSR count). The van der Waals surface area contributed by atoms with Crippen molar-refractivity contribution in [3.05, 3.63) is 23.5 Å². The Bertz CT molecular complexity index is 170. The summed E-state index contributed by atoms with van der Waals surface area (Å²) in [4.78, 5) is 4.15. The van der Waals surface area contributed by atoms with E-state index in [4.69, 9.17) is 7.85 Å². The van der Waals surface area contributed by atoms with Gasteiger partial charge in [-0.15, -0.1) is 0 Å². The van der Waals surface area contributed by atoms with Gasteiger partial charge >= 0.3 is 0 Å². The molecule has 0 amide bonds. The smallest absolute Gasteiger partial charge is 0.113 e. The molecule has 0 aromatic carbocycles. The summed E-state index contributed by atoms with van der Waals surface area (Å²) in [6.45, 7) is 3.87. The van der Waals surface area contributed by atoms with E-state index < -0.39 is 0 Å². The highest BCUT2D eigenvalue weighted by molar-refractivity contribution is 6.32. The first kappa shape index (κ1) is 6.34. The summed E-state index contributed by atoms with van der Waals surface area (Å²) in [7, 11) is 5.52. The van der Waals surface area contributed by atoms with E-state index in [0.717, 1.165) is 16.9 Å². The standard InChI is InChI=1S/C7H8BN/c1-5-3-7(8)4-6(2)9-5/h3-4H,1-2H3. The van der Waals surface area contributed by atoms with Crippen LogP contribution in [0, 0.1) is 13.8 Å². The second-order valence-corrected chi connectivity index (χ2v) is 2.18. The van der Waals surface area contributed by atoms with Gasteiger partial charge in [0.15, 0.2) is 0 Å². The van der Waals surface area contributed by atoms with Gasteiger partial charge in [-0.05, 0) is 26.0 Å². The summed E-state index contributed by atoms with van der Waals surface area (Å²) >= 11 is 0. The molecule has 2 radical (unpaired) electrons. The van der Waals surface area contributed by atoms with Gasteiger partial charge in [-0.25, -0.2) is 0 Å². The van der Waals surface area contributed by atoms with E-state index in [-0.39, 0.29) is 0 Å². The lowest BCUT2D eigenvalue weighted by Crippen LogP contribution is -2.04. The molecule has 0 aliphatic rings. The van der Waals surface area contributed by atoms with Crippen LogP contribution < -0.4 is 5.46 Å². The fraction of sp³-hybridized carbons (Fsp3) is 0.286. The van der Waals surface area contributed by atoms with Crippen molar-refractivity contribution in [2.45, 2.75) is 13.8 Å². The van der Waals surface area contributed by atoms with Gasteiger partial charge in [0.2, 0.25) is 0 Å². The van der Waals surface area contributed by atoms with Gasteiger partial charge in [0.05, 0.1) is 0 Å². The molecule has 0 spiro atoms. The normalized spacial score (nSPS) is 9.56. The Morgan fingerprint density at radius 3 is 2.00 bits per heavy atom. The number of pyridine rings is 1. The highest BCUT2D eigenvalue weighted by atomic mass is 14.7. The van der Waals surface area contributed by atoms with Crippen molar-refractivity contribution in [1.82, 2.24) is 4.98 Å². The van der Waals surface area contributed by atoms with Crippen molar-refractivity contribution in [2.24, 2.45) is 0 Å². The lowest BCUT2D eigenvalue weighted by molar-refractivity contribution is 1.13. The molecule has 0 N–H and O–H groups in total. The molecular weight excluding hydrogens is 109 g/mol. The Morgan fingerprint density at radius 2 is 1.67 bits per heavy atom. The van der Waals surface area contributed by atoms with Crippen LogP contribution in [0.15, 0.2) is 12.1 Å². The number of hydrogen-bond acceptors (Lipinski definition) is 1. The summed E-state index contributed by atoms with van der Waals surface area (Å²) in [6, 6.07) is 3.71. The summed E-state index contributed by atoms with van der Waals surface area (Å²) in [6.07, 6.45) is 0. The van der Waals surface area contributed by atoms with Crippen LogP contribution in [0.1, 0.15) is 11.4 Å². The minimum Gasteiger partial charge on any atom is -0.259 e. The number of hydrogen-bond donors (Lipinski definition) is 0. The third kappa shape index (κ3) is 1.56. The second-order valence-electron chi connectivity index (χ2n) is 2.18. The largest absolute Gasteiger partial charge is 0.259 e. The zero-order valence-electron chi connectivity index (χ0n) is 5.68. The molecule has 44 valence electrons. The number of nitrogens with zero attached hydrogens (tertiary/aromatic N) is 1. The molecule has 0 aliphatic heterocycles. The second kappa shape index (κ2) is 2.22. The molecule has 1 aromatic rings. The molecule has 0 saturated heterocycles. The molecule has 1 aromatic heterocycles. The topological polar surface area (TPSA) is 12.9 Å². The lowest BCUT2D eigenvalue weighted by atomic mass is 9.96. The van der Waals surface area contributed by atoms with Gasteiger partial charge in [-0.2, -0.15) is 0 Å². The van der Waals surface area contributed by atoms with E-state index in [1.165, 1.54) is 0 Å². The third-order valence-electron chi connectivity index (χ3n) is 1.10. The zero-order chi connectivity index (χ0) is 6.85. The fourth-order valence-corrected chi connectivity index (χ4v) is 0.867. The van der Waals surface area contributed by atoms with Crippen molar-refractivity contribution < 1.29 is 0 Å². The van der Waals surface area contributed by atoms with Crippen molar-refractivity contribution in [1.29, 1.82) is 0 Å². The molecule has 0 fully saturated rings. The molecule has 0 aliphatic carbocycles. The Balaban J connectivity index is 3.17. The number of aryl methyl sites for hydroxylation is 2. The Hall–Kier alpha value is -0.785. The molecular formula is C7H8BN. The van der Waals surface area contributed by atoms with E-state index in [1.54, 1.807) is 0 Å². The average molecular weight is 117 g/mol. The molecule has 9 heavy (non-hydrogen) atoms. The van der Waals surface area contributed by atoms with E-state index >= 15 is 0 Å². The van der Waals surface area contributed by atoms with Crippen LogP contribution in [0.25, 0.3) is 0 Å². The monoisotopic (exact) mass is 117 g/mol. The van der Waals surface area contributed by atoms with Gasteiger partial charge < -0.3 is 0 Å². The molecule has 0 saturated carbocycles. The summed E-state index contributed by atoms with van der Waals surface area (Å²) in [5.74, 6) is 0. The number of aromatic nitrogens is 1. The van der Waals surface area contributed by atoms with Crippen molar-refractivity contribution >= 4 is 13.3 Å². The van der Waals surface area contributed by atoms with Crippen LogP contribution in [0.3, 0.4) is 0 Å². The zero-order valence-corrected chi connectivity index (χ0v) is 5.68. The first-order chi connectivity index (χ1) is 4.18. The summed E-state index contributed by atoms with van der Waals surface area (Å²) < 4.78 is 0. The quantitative estimate of drug-likeness (QED) is 0.450. The van der Waals surface area contributed by atoms with Crippen LogP contribution >= 0.6 is 0 Å². The lowest BCUT2D eigenvalue weighted by Gasteiger charge is -1.96. The summed E-state index contributed by atoms with van der Waals surface area (Å²) in [5.41, 5.74) is 2.75. The fourth-order valence-electron chi connectivity index (χ4n) is 0.867. The van der Waals surface area contributed by atoms with Crippen LogP contribution in [0.2, 0.25) is 0 Å². The maximum atomic E-state index is 5.52. The van der Waals surface area contributed by atoms with Gasteiger partial charge in [-0.3, -0.25) is 4.98 Å². The van der Waals surface area contributed by atoms with Crippen LogP contribution in [0.5, 0.6) is 0 Å². The van der Waals surface area contributed by atoms with E-state index in [0.29, 0.717) is 0 Å². The van der Waals surface area contributed by atoms with Gasteiger partial charge in [-0.1, -0.05) is 5.46 Å². The molecule has 0 unspecified atom stereocenters. The van der Waals surface area contributed by atoms with Gasteiger partial charge in [0, 0.05) is 11.4 Å². The highest BCUT2D eigenvalue weighted by Crippen LogP contribution is 1.91. The van der Waals surface area contributed by atoms with Gasteiger partial charge in [0.25, 0.3) is 0 Å².